The lowest BCUT2D eigenvalue weighted by molar-refractivity contribution is -0.129. The average Bonchev–Trinajstić information content (AvgIpc) is 2.33. The van der Waals surface area contributed by atoms with E-state index < -0.39 is 0 Å². The molecule has 2 rings (SSSR count). The van der Waals surface area contributed by atoms with Gasteiger partial charge in [0, 0.05) is 6.04 Å². The first-order valence-electron chi connectivity index (χ1n) is 6.85. The first-order chi connectivity index (χ1) is 8.10. The molecular weight excluding hydrogens is 285 g/mol. The number of hydrogen-bond acceptors (Lipinski definition) is 3. The fraction of sp³-hybridized carbons (Fsp3) is 0.923. The first-order valence-corrected chi connectivity index (χ1v) is 6.85. The standard InChI is InChI=1S/C13H25N3O.2ClH/c1-13(7-3-4-8-14-13)12(17)15-11-5-9-16(2)10-6-11;;/h11,14H,3-10H2,1-2H3,(H,15,17);2*1H. The van der Waals surface area contributed by atoms with E-state index in [0.717, 1.165) is 45.3 Å². The second-order valence-electron chi connectivity index (χ2n) is 5.77. The van der Waals surface area contributed by atoms with Crippen molar-refractivity contribution >= 4 is 30.7 Å². The Labute approximate surface area is 128 Å². The summed E-state index contributed by atoms with van der Waals surface area (Å²) in [5, 5.41) is 6.59. The van der Waals surface area contributed by atoms with Crippen molar-refractivity contribution in [2.24, 2.45) is 0 Å². The summed E-state index contributed by atoms with van der Waals surface area (Å²) in [5.41, 5.74) is -0.332. The normalized spacial score (nSPS) is 28.9. The van der Waals surface area contributed by atoms with Gasteiger partial charge in [-0.25, -0.2) is 0 Å². The van der Waals surface area contributed by atoms with Crippen LogP contribution in [0.25, 0.3) is 0 Å². The lowest BCUT2D eigenvalue weighted by Gasteiger charge is -2.36. The summed E-state index contributed by atoms with van der Waals surface area (Å²) >= 11 is 0. The summed E-state index contributed by atoms with van der Waals surface area (Å²) in [6, 6.07) is 0.374. The predicted octanol–water partition coefficient (Wildman–Crippen LogP) is 1.57. The van der Waals surface area contributed by atoms with E-state index in [4.69, 9.17) is 0 Å². The molecule has 6 heteroatoms. The number of nitrogens with one attached hydrogen (secondary N) is 2. The molecule has 2 aliphatic heterocycles. The maximum atomic E-state index is 12.3. The van der Waals surface area contributed by atoms with Crippen molar-refractivity contribution in [3.63, 3.8) is 0 Å². The number of carbonyl (C=O) groups is 1. The van der Waals surface area contributed by atoms with Gasteiger partial charge in [-0.2, -0.15) is 0 Å². The minimum atomic E-state index is -0.332. The van der Waals surface area contributed by atoms with Gasteiger partial charge in [-0.3, -0.25) is 4.79 Å². The molecule has 0 saturated carbocycles. The van der Waals surface area contributed by atoms with Gasteiger partial charge in [-0.15, -0.1) is 24.8 Å². The minimum Gasteiger partial charge on any atom is -0.352 e. The summed E-state index contributed by atoms with van der Waals surface area (Å²) in [6.45, 7) is 5.19. The Morgan fingerprint density at radius 3 is 2.42 bits per heavy atom. The Morgan fingerprint density at radius 1 is 1.26 bits per heavy atom. The van der Waals surface area contributed by atoms with Crippen molar-refractivity contribution in [2.75, 3.05) is 26.7 Å². The van der Waals surface area contributed by atoms with Crippen LogP contribution < -0.4 is 10.6 Å². The third kappa shape index (κ3) is 5.10. The van der Waals surface area contributed by atoms with E-state index in [9.17, 15) is 4.79 Å². The van der Waals surface area contributed by atoms with Crippen LogP contribution in [-0.2, 0) is 4.79 Å². The number of carbonyl (C=O) groups excluding carboxylic acids is 1. The van der Waals surface area contributed by atoms with Gasteiger partial charge in [-0.05, 0) is 65.7 Å². The highest BCUT2D eigenvalue weighted by atomic mass is 35.5. The van der Waals surface area contributed by atoms with Gasteiger partial charge in [0.2, 0.25) is 5.91 Å². The van der Waals surface area contributed by atoms with Crippen molar-refractivity contribution in [3.8, 4) is 0 Å². The van der Waals surface area contributed by atoms with E-state index in [1.54, 1.807) is 0 Å². The molecule has 0 aliphatic carbocycles. The fourth-order valence-electron chi connectivity index (χ4n) is 2.75. The Balaban J connectivity index is 0.00000162. The molecule has 2 saturated heterocycles. The molecule has 114 valence electrons. The van der Waals surface area contributed by atoms with E-state index in [0.29, 0.717) is 6.04 Å². The number of piperidine rings is 2. The largest absolute Gasteiger partial charge is 0.352 e. The molecule has 2 N–H and O–H groups in total. The van der Waals surface area contributed by atoms with Crippen LogP contribution in [-0.4, -0.2) is 49.1 Å². The molecule has 2 aliphatic rings. The summed E-state index contributed by atoms with van der Waals surface area (Å²) in [7, 11) is 2.14. The summed E-state index contributed by atoms with van der Waals surface area (Å²) < 4.78 is 0. The third-order valence-corrected chi connectivity index (χ3v) is 4.17. The lowest BCUT2D eigenvalue weighted by Crippen LogP contribution is -2.59. The number of nitrogens with zero attached hydrogens (tertiary/aromatic N) is 1. The molecule has 2 fully saturated rings. The molecule has 1 atom stereocenters. The Kier molecular flexibility index (Phi) is 8.29. The zero-order valence-electron chi connectivity index (χ0n) is 11.9. The molecule has 0 spiro atoms. The summed E-state index contributed by atoms with van der Waals surface area (Å²) in [4.78, 5) is 14.6. The van der Waals surface area contributed by atoms with Gasteiger partial charge in [0.25, 0.3) is 0 Å². The van der Waals surface area contributed by atoms with Gasteiger partial charge in [0.05, 0.1) is 5.54 Å². The second-order valence-corrected chi connectivity index (χ2v) is 5.77. The molecule has 0 aromatic heterocycles. The van der Waals surface area contributed by atoms with Crippen LogP contribution in [0.4, 0.5) is 0 Å². The Hall–Kier alpha value is -0.0300. The monoisotopic (exact) mass is 311 g/mol. The van der Waals surface area contributed by atoms with Crippen LogP contribution in [0.1, 0.15) is 39.0 Å². The molecule has 1 unspecified atom stereocenters. The van der Waals surface area contributed by atoms with Crippen LogP contribution in [0.2, 0.25) is 0 Å². The van der Waals surface area contributed by atoms with Crippen molar-refractivity contribution < 1.29 is 4.79 Å². The van der Waals surface area contributed by atoms with Crippen LogP contribution in [0.15, 0.2) is 0 Å². The molecule has 19 heavy (non-hydrogen) atoms. The predicted molar refractivity (Wildman–Crippen MR) is 83.4 cm³/mol. The van der Waals surface area contributed by atoms with Gasteiger partial charge in [0.15, 0.2) is 0 Å². The maximum absolute atomic E-state index is 12.3. The molecule has 1 amide bonds. The van der Waals surface area contributed by atoms with Crippen LogP contribution in [0.3, 0.4) is 0 Å². The van der Waals surface area contributed by atoms with Crippen molar-refractivity contribution in [1.82, 2.24) is 15.5 Å². The highest BCUT2D eigenvalue weighted by Crippen LogP contribution is 2.19. The average molecular weight is 312 g/mol. The lowest BCUT2D eigenvalue weighted by atomic mass is 9.89. The Morgan fingerprint density at radius 2 is 1.89 bits per heavy atom. The van der Waals surface area contributed by atoms with E-state index in [-0.39, 0.29) is 36.3 Å². The number of hydrogen-bond donors (Lipinski definition) is 2. The highest BCUT2D eigenvalue weighted by Gasteiger charge is 2.35. The van der Waals surface area contributed by atoms with Crippen molar-refractivity contribution in [3.05, 3.63) is 0 Å². The zero-order chi connectivity index (χ0) is 12.3. The smallest absolute Gasteiger partial charge is 0.240 e. The van der Waals surface area contributed by atoms with Crippen LogP contribution in [0.5, 0.6) is 0 Å². The van der Waals surface area contributed by atoms with Gasteiger partial charge >= 0.3 is 0 Å². The summed E-state index contributed by atoms with van der Waals surface area (Å²) in [5.74, 6) is 0.201. The van der Waals surface area contributed by atoms with Gasteiger partial charge < -0.3 is 15.5 Å². The summed E-state index contributed by atoms with van der Waals surface area (Å²) in [6.07, 6.45) is 5.48. The number of amides is 1. The highest BCUT2D eigenvalue weighted by molar-refractivity contribution is 5.86. The SMILES string of the molecule is CN1CCC(NC(=O)C2(C)CCCCN2)CC1.Cl.Cl. The number of likely N-dealkylation sites (tertiary alicyclic amines) is 1. The molecule has 0 aromatic carbocycles. The Bertz CT molecular complexity index is 275. The molecule has 2 heterocycles. The topological polar surface area (TPSA) is 44.4 Å². The molecule has 0 bridgehead atoms. The minimum absolute atomic E-state index is 0. The van der Waals surface area contributed by atoms with Crippen molar-refractivity contribution in [1.29, 1.82) is 0 Å². The van der Waals surface area contributed by atoms with Crippen molar-refractivity contribution in [2.45, 2.75) is 50.6 Å². The second kappa shape index (κ2) is 8.30. The van der Waals surface area contributed by atoms with E-state index >= 15 is 0 Å². The van der Waals surface area contributed by atoms with E-state index in [1.807, 2.05) is 6.92 Å². The van der Waals surface area contributed by atoms with E-state index in [1.165, 1.54) is 6.42 Å². The van der Waals surface area contributed by atoms with Crippen LogP contribution in [0, 0.1) is 0 Å². The molecule has 4 nitrogen and oxygen atoms in total. The van der Waals surface area contributed by atoms with E-state index in [2.05, 4.69) is 22.6 Å². The number of rotatable bonds is 2. The molecule has 0 radical (unpaired) electrons. The first kappa shape index (κ1) is 19.0. The van der Waals surface area contributed by atoms with Gasteiger partial charge in [0.1, 0.15) is 0 Å². The maximum Gasteiger partial charge on any atom is 0.240 e. The molecular formula is C13H27Cl2N3O. The third-order valence-electron chi connectivity index (χ3n) is 4.17. The fourth-order valence-corrected chi connectivity index (χ4v) is 2.75. The zero-order valence-corrected chi connectivity index (χ0v) is 13.5. The molecule has 0 aromatic rings. The van der Waals surface area contributed by atoms with Gasteiger partial charge in [-0.1, -0.05) is 0 Å². The number of halogens is 2. The van der Waals surface area contributed by atoms with Crippen LogP contribution >= 0.6 is 24.8 Å². The quantitative estimate of drug-likeness (QED) is 0.813.